The molecular formula is C20H19NS2. The van der Waals surface area contributed by atoms with Crippen LogP contribution in [0.4, 0.5) is 0 Å². The molecule has 0 amide bonds. The van der Waals surface area contributed by atoms with Gasteiger partial charge >= 0.3 is 0 Å². The van der Waals surface area contributed by atoms with Gasteiger partial charge in [-0.2, -0.15) is 0 Å². The second-order valence-electron chi connectivity index (χ2n) is 5.41. The van der Waals surface area contributed by atoms with Gasteiger partial charge in [0, 0.05) is 16.2 Å². The second kappa shape index (κ2) is 7.62. The molecule has 1 heterocycles. The number of benzene rings is 2. The Morgan fingerprint density at radius 1 is 1.13 bits per heavy atom. The molecule has 1 atom stereocenters. The highest BCUT2D eigenvalue weighted by Gasteiger charge is 2.14. The Labute approximate surface area is 146 Å². The quantitative estimate of drug-likeness (QED) is 0.375. The maximum absolute atomic E-state index is 4.80. The SMILES string of the molecule is C=CCC(Sc1nc(-c2ccc(C)cc2)cs1)c1ccccc1. The van der Waals surface area contributed by atoms with E-state index in [0.29, 0.717) is 5.25 Å². The van der Waals surface area contributed by atoms with Crippen molar-refractivity contribution >= 4 is 23.1 Å². The van der Waals surface area contributed by atoms with E-state index < -0.39 is 0 Å². The standard InChI is InChI=1S/C20H19NS2/c1-3-7-19(17-8-5-4-6-9-17)23-20-21-18(14-22-20)16-12-10-15(2)11-13-16/h3-6,8-14,19H,1,7H2,2H3. The Morgan fingerprint density at radius 3 is 2.57 bits per heavy atom. The van der Waals surface area contributed by atoms with Gasteiger partial charge in [0.05, 0.1) is 5.69 Å². The summed E-state index contributed by atoms with van der Waals surface area (Å²) in [6.07, 6.45) is 2.92. The maximum Gasteiger partial charge on any atom is 0.151 e. The van der Waals surface area contributed by atoms with Crippen LogP contribution in [0.15, 0.2) is 77.0 Å². The maximum atomic E-state index is 4.80. The number of aromatic nitrogens is 1. The Bertz CT molecular complexity index is 760. The van der Waals surface area contributed by atoms with E-state index in [9.17, 15) is 0 Å². The summed E-state index contributed by atoms with van der Waals surface area (Å²) in [6.45, 7) is 6.00. The highest BCUT2D eigenvalue weighted by molar-refractivity contribution is 8.01. The van der Waals surface area contributed by atoms with Gasteiger partial charge in [-0.3, -0.25) is 0 Å². The first-order valence-electron chi connectivity index (χ1n) is 7.61. The summed E-state index contributed by atoms with van der Waals surface area (Å²) in [4.78, 5) is 4.80. The smallest absolute Gasteiger partial charge is 0.151 e. The zero-order valence-corrected chi connectivity index (χ0v) is 14.7. The van der Waals surface area contributed by atoms with Gasteiger partial charge in [0.1, 0.15) is 0 Å². The summed E-state index contributed by atoms with van der Waals surface area (Å²) < 4.78 is 1.11. The van der Waals surface area contributed by atoms with Crippen molar-refractivity contribution in [2.75, 3.05) is 0 Å². The van der Waals surface area contributed by atoms with Gasteiger partial charge in [0.2, 0.25) is 0 Å². The van der Waals surface area contributed by atoms with E-state index in [0.717, 1.165) is 16.5 Å². The molecule has 0 saturated carbocycles. The van der Waals surface area contributed by atoms with Crippen LogP contribution in [0.25, 0.3) is 11.3 Å². The van der Waals surface area contributed by atoms with Crippen LogP contribution >= 0.6 is 23.1 Å². The van der Waals surface area contributed by atoms with Crippen molar-refractivity contribution < 1.29 is 0 Å². The van der Waals surface area contributed by atoms with Gasteiger partial charge in [-0.15, -0.1) is 17.9 Å². The van der Waals surface area contributed by atoms with Crippen LogP contribution in [-0.2, 0) is 0 Å². The summed E-state index contributed by atoms with van der Waals surface area (Å²) in [7, 11) is 0. The lowest BCUT2D eigenvalue weighted by Gasteiger charge is -2.13. The van der Waals surface area contributed by atoms with Crippen LogP contribution < -0.4 is 0 Å². The molecule has 0 fully saturated rings. The minimum Gasteiger partial charge on any atom is -0.230 e. The Balaban J connectivity index is 1.79. The molecule has 116 valence electrons. The lowest BCUT2D eigenvalue weighted by Crippen LogP contribution is -1.92. The first kappa shape index (κ1) is 16.0. The zero-order valence-electron chi connectivity index (χ0n) is 13.1. The van der Waals surface area contributed by atoms with Gasteiger partial charge in [-0.25, -0.2) is 4.98 Å². The van der Waals surface area contributed by atoms with Crippen molar-refractivity contribution in [1.82, 2.24) is 4.98 Å². The molecule has 0 N–H and O–H groups in total. The van der Waals surface area contributed by atoms with E-state index in [4.69, 9.17) is 4.98 Å². The average Bonchev–Trinajstić information content (AvgIpc) is 3.04. The fourth-order valence-corrected chi connectivity index (χ4v) is 4.55. The Kier molecular flexibility index (Phi) is 5.31. The normalized spacial score (nSPS) is 12.0. The second-order valence-corrected chi connectivity index (χ2v) is 7.71. The van der Waals surface area contributed by atoms with Gasteiger partial charge < -0.3 is 0 Å². The molecule has 0 spiro atoms. The predicted molar refractivity (Wildman–Crippen MR) is 102 cm³/mol. The van der Waals surface area contributed by atoms with E-state index in [1.54, 1.807) is 11.3 Å². The number of thiazole rings is 1. The lowest BCUT2D eigenvalue weighted by atomic mass is 10.1. The number of hydrogen-bond donors (Lipinski definition) is 0. The van der Waals surface area contributed by atoms with Gasteiger partial charge in [-0.1, -0.05) is 78.0 Å². The molecule has 0 radical (unpaired) electrons. The highest BCUT2D eigenvalue weighted by Crippen LogP contribution is 2.40. The van der Waals surface area contributed by atoms with E-state index >= 15 is 0 Å². The summed E-state index contributed by atoms with van der Waals surface area (Å²) in [5, 5.41) is 2.51. The molecule has 0 saturated heterocycles. The third-order valence-corrected chi connectivity index (χ3v) is 5.88. The minimum absolute atomic E-state index is 0.366. The lowest BCUT2D eigenvalue weighted by molar-refractivity contribution is 0.968. The third-order valence-electron chi connectivity index (χ3n) is 3.63. The van der Waals surface area contributed by atoms with Crippen molar-refractivity contribution in [2.45, 2.75) is 22.9 Å². The van der Waals surface area contributed by atoms with Gasteiger partial charge in [0.15, 0.2) is 4.34 Å². The van der Waals surface area contributed by atoms with Crippen LogP contribution in [0, 0.1) is 6.92 Å². The average molecular weight is 338 g/mol. The molecule has 3 rings (SSSR count). The van der Waals surface area contributed by atoms with Crippen LogP contribution in [-0.4, -0.2) is 4.98 Å². The third kappa shape index (κ3) is 4.12. The molecule has 1 nitrogen and oxygen atoms in total. The molecule has 1 aromatic heterocycles. The number of thioether (sulfide) groups is 1. The van der Waals surface area contributed by atoms with Gasteiger partial charge in [-0.05, 0) is 18.9 Å². The van der Waals surface area contributed by atoms with Crippen molar-refractivity contribution in [3.63, 3.8) is 0 Å². The number of nitrogens with zero attached hydrogens (tertiary/aromatic N) is 1. The Morgan fingerprint density at radius 2 is 1.87 bits per heavy atom. The molecule has 3 aromatic rings. The summed E-state index contributed by atoms with van der Waals surface area (Å²) in [5.74, 6) is 0. The molecule has 0 aliphatic heterocycles. The minimum atomic E-state index is 0.366. The molecule has 0 bridgehead atoms. The highest BCUT2D eigenvalue weighted by atomic mass is 32.2. The molecular weight excluding hydrogens is 318 g/mol. The monoisotopic (exact) mass is 337 g/mol. The van der Waals surface area contributed by atoms with E-state index in [1.165, 1.54) is 16.7 Å². The number of allylic oxidation sites excluding steroid dienone is 1. The molecule has 0 aliphatic rings. The largest absolute Gasteiger partial charge is 0.230 e. The Hall–Kier alpha value is -1.84. The van der Waals surface area contributed by atoms with E-state index in [2.05, 4.69) is 73.5 Å². The van der Waals surface area contributed by atoms with E-state index in [-0.39, 0.29) is 0 Å². The zero-order chi connectivity index (χ0) is 16.1. The van der Waals surface area contributed by atoms with Crippen LogP contribution in [0.5, 0.6) is 0 Å². The molecule has 1 unspecified atom stereocenters. The number of hydrogen-bond acceptors (Lipinski definition) is 3. The predicted octanol–water partition coefficient (Wildman–Crippen LogP) is 6.53. The van der Waals surface area contributed by atoms with Crippen LogP contribution in [0.2, 0.25) is 0 Å². The number of rotatable bonds is 6. The summed E-state index contributed by atoms with van der Waals surface area (Å²) in [6, 6.07) is 19.1. The molecule has 3 heteroatoms. The first-order valence-corrected chi connectivity index (χ1v) is 9.37. The van der Waals surface area contributed by atoms with Crippen LogP contribution in [0.3, 0.4) is 0 Å². The van der Waals surface area contributed by atoms with Crippen molar-refractivity contribution in [3.05, 3.63) is 83.8 Å². The van der Waals surface area contributed by atoms with E-state index in [1.807, 2.05) is 17.8 Å². The summed E-state index contributed by atoms with van der Waals surface area (Å²) >= 11 is 3.54. The van der Waals surface area contributed by atoms with Crippen molar-refractivity contribution in [2.24, 2.45) is 0 Å². The van der Waals surface area contributed by atoms with Crippen molar-refractivity contribution in [1.29, 1.82) is 0 Å². The topological polar surface area (TPSA) is 12.9 Å². The molecule has 23 heavy (non-hydrogen) atoms. The fraction of sp³-hybridized carbons (Fsp3) is 0.150. The summed E-state index contributed by atoms with van der Waals surface area (Å²) in [5.41, 5.74) is 4.83. The van der Waals surface area contributed by atoms with Crippen molar-refractivity contribution in [3.8, 4) is 11.3 Å². The van der Waals surface area contributed by atoms with Gasteiger partial charge in [0.25, 0.3) is 0 Å². The molecule has 2 aromatic carbocycles. The van der Waals surface area contributed by atoms with Crippen LogP contribution in [0.1, 0.15) is 22.8 Å². The molecule has 0 aliphatic carbocycles. The fourth-order valence-electron chi connectivity index (χ4n) is 2.36. The number of aryl methyl sites for hydroxylation is 1. The first-order chi connectivity index (χ1) is 11.3.